The molecular formula is C15H14N2O2S2. The molecule has 0 unspecified atom stereocenters. The minimum atomic E-state index is -0.0299. The highest BCUT2D eigenvalue weighted by Crippen LogP contribution is 2.33. The lowest BCUT2D eigenvalue weighted by atomic mass is 10.2. The lowest BCUT2D eigenvalue weighted by Crippen LogP contribution is -2.03. The zero-order chi connectivity index (χ0) is 14.7. The molecule has 0 radical (unpaired) electrons. The molecule has 3 rings (SSSR count). The monoisotopic (exact) mass is 318 g/mol. The first-order valence-electron chi connectivity index (χ1n) is 6.41. The molecule has 2 aromatic heterocycles. The molecular weight excluding hydrogens is 304 g/mol. The number of nitrogens with zero attached hydrogens (tertiary/aromatic N) is 1. The van der Waals surface area contributed by atoms with Crippen LogP contribution in [0.4, 0.5) is 5.69 Å². The van der Waals surface area contributed by atoms with Gasteiger partial charge in [-0.1, -0.05) is 6.07 Å². The molecule has 0 fully saturated rings. The maximum Gasteiger partial charge on any atom is 0.142 e. The van der Waals surface area contributed by atoms with Crippen molar-refractivity contribution in [1.82, 2.24) is 4.98 Å². The zero-order valence-electron chi connectivity index (χ0n) is 11.2. The number of rotatable bonds is 5. The number of anilines is 1. The summed E-state index contributed by atoms with van der Waals surface area (Å²) >= 11 is 3.27. The third-order valence-electron chi connectivity index (χ3n) is 2.88. The van der Waals surface area contributed by atoms with Crippen molar-refractivity contribution in [2.75, 3.05) is 18.9 Å². The summed E-state index contributed by atoms with van der Waals surface area (Å²) in [5, 5.41) is 13.8. The standard InChI is InChI=1S/C15H14N2O2S2/c16-11-8-10(3-4-13(11)19-6-5-18)15-17-12(9-21-15)14-2-1-7-20-14/h1-4,7-9,18H,5-6,16H2. The number of ether oxygens (including phenoxy) is 1. The first-order chi connectivity index (χ1) is 10.3. The van der Waals surface area contributed by atoms with E-state index >= 15 is 0 Å². The van der Waals surface area contributed by atoms with Gasteiger partial charge in [-0.3, -0.25) is 0 Å². The smallest absolute Gasteiger partial charge is 0.142 e. The first-order valence-corrected chi connectivity index (χ1v) is 8.17. The summed E-state index contributed by atoms with van der Waals surface area (Å²) in [5.74, 6) is 0.586. The van der Waals surface area contributed by atoms with Crippen LogP contribution in [0.1, 0.15) is 0 Å². The lowest BCUT2D eigenvalue weighted by molar-refractivity contribution is 0.202. The Labute approximate surface area is 130 Å². The topological polar surface area (TPSA) is 68.4 Å². The molecule has 3 aromatic rings. The molecule has 0 aliphatic heterocycles. The van der Waals surface area contributed by atoms with E-state index in [0.29, 0.717) is 11.4 Å². The van der Waals surface area contributed by atoms with E-state index in [1.165, 1.54) is 0 Å². The highest BCUT2D eigenvalue weighted by molar-refractivity contribution is 7.15. The highest BCUT2D eigenvalue weighted by atomic mass is 32.1. The normalized spacial score (nSPS) is 10.7. The number of nitrogen functional groups attached to an aromatic ring is 1. The number of hydrogen-bond acceptors (Lipinski definition) is 6. The average Bonchev–Trinajstić information content (AvgIpc) is 3.16. The fourth-order valence-corrected chi connectivity index (χ4v) is 3.49. The predicted octanol–water partition coefficient (Wildman–Crippen LogP) is 3.49. The Bertz CT molecular complexity index is 723. The van der Waals surface area contributed by atoms with Gasteiger partial charge in [-0.05, 0) is 29.6 Å². The van der Waals surface area contributed by atoms with E-state index in [-0.39, 0.29) is 13.2 Å². The second-order valence-electron chi connectivity index (χ2n) is 4.34. The van der Waals surface area contributed by atoms with Crippen LogP contribution >= 0.6 is 22.7 Å². The van der Waals surface area contributed by atoms with Crippen LogP contribution in [0.15, 0.2) is 41.1 Å². The molecule has 2 heterocycles. The van der Waals surface area contributed by atoms with Crippen LogP contribution in [-0.2, 0) is 0 Å². The summed E-state index contributed by atoms with van der Waals surface area (Å²) < 4.78 is 5.35. The molecule has 0 saturated carbocycles. The van der Waals surface area contributed by atoms with Crippen molar-refractivity contribution in [2.45, 2.75) is 0 Å². The Morgan fingerprint density at radius 2 is 2.14 bits per heavy atom. The van der Waals surface area contributed by atoms with Crippen LogP contribution in [0.2, 0.25) is 0 Å². The van der Waals surface area contributed by atoms with Crippen LogP contribution < -0.4 is 10.5 Å². The maximum absolute atomic E-state index is 8.77. The summed E-state index contributed by atoms with van der Waals surface area (Å²) in [6.45, 7) is 0.209. The number of aliphatic hydroxyl groups excluding tert-OH is 1. The number of aromatic nitrogens is 1. The van der Waals surface area contributed by atoms with Crippen molar-refractivity contribution in [3.05, 3.63) is 41.1 Å². The molecule has 3 N–H and O–H groups in total. The third kappa shape index (κ3) is 3.07. The summed E-state index contributed by atoms with van der Waals surface area (Å²) in [6.07, 6.45) is 0. The summed E-state index contributed by atoms with van der Waals surface area (Å²) in [6, 6.07) is 9.67. The van der Waals surface area contributed by atoms with Crippen LogP contribution in [0.3, 0.4) is 0 Å². The molecule has 0 aliphatic rings. The minimum Gasteiger partial charge on any atom is -0.489 e. The molecule has 4 nitrogen and oxygen atoms in total. The zero-order valence-corrected chi connectivity index (χ0v) is 12.8. The van der Waals surface area contributed by atoms with Gasteiger partial charge in [0.2, 0.25) is 0 Å². The van der Waals surface area contributed by atoms with Gasteiger partial charge in [-0.2, -0.15) is 0 Å². The van der Waals surface area contributed by atoms with Crippen molar-refractivity contribution in [3.63, 3.8) is 0 Å². The van der Waals surface area contributed by atoms with Crippen molar-refractivity contribution < 1.29 is 9.84 Å². The Morgan fingerprint density at radius 1 is 1.24 bits per heavy atom. The van der Waals surface area contributed by atoms with E-state index in [9.17, 15) is 0 Å². The van der Waals surface area contributed by atoms with Gasteiger partial charge >= 0.3 is 0 Å². The number of benzene rings is 1. The molecule has 0 spiro atoms. The second-order valence-corrected chi connectivity index (χ2v) is 6.15. The molecule has 0 atom stereocenters. The molecule has 0 bridgehead atoms. The van der Waals surface area contributed by atoms with Gasteiger partial charge in [0.25, 0.3) is 0 Å². The fourth-order valence-electron chi connectivity index (χ4n) is 1.91. The van der Waals surface area contributed by atoms with E-state index in [0.717, 1.165) is 21.1 Å². The van der Waals surface area contributed by atoms with Crippen molar-refractivity contribution in [3.8, 4) is 26.9 Å². The number of thiazole rings is 1. The maximum atomic E-state index is 8.77. The second kappa shape index (κ2) is 6.26. The van der Waals surface area contributed by atoms with E-state index in [1.807, 2.05) is 35.0 Å². The van der Waals surface area contributed by atoms with E-state index < -0.39 is 0 Å². The highest BCUT2D eigenvalue weighted by Gasteiger charge is 2.09. The van der Waals surface area contributed by atoms with E-state index in [4.69, 9.17) is 15.6 Å². The van der Waals surface area contributed by atoms with Crippen LogP contribution in [0, 0.1) is 0 Å². The van der Waals surface area contributed by atoms with Crippen LogP contribution in [-0.4, -0.2) is 23.3 Å². The Balaban J connectivity index is 1.85. The number of aliphatic hydroxyl groups is 1. The molecule has 0 amide bonds. The SMILES string of the molecule is Nc1cc(-c2nc(-c3cccs3)cs2)ccc1OCCO. The molecule has 108 valence electrons. The van der Waals surface area contributed by atoms with E-state index in [1.54, 1.807) is 22.7 Å². The van der Waals surface area contributed by atoms with Crippen LogP contribution in [0.5, 0.6) is 5.75 Å². The summed E-state index contributed by atoms with van der Waals surface area (Å²) in [4.78, 5) is 5.81. The summed E-state index contributed by atoms with van der Waals surface area (Å²) in [7, 11) is 0. The van der Waals surface area contributed by atoms with Gasteiger partial charge in [0.1, 0.15) is 17.4 Å². The van der Waals surface area contributed by atoms with Gasteiger partial charge in [0.05, 0.1) is 22.9 Å². The number of hydrogen-bond donors (Lipinski definition) is 2. The van der Waals surface area contributed by atoms with Gasteiger partial charge in [-0.15, -0.1) is 22.7 Å². The van der Waals surface area contributed by atoms with Crippen LogP contribution in [0.25, 0.3) is 21.1 Å². The number of thiophene rings is 1. The quantitative estimate of drug-likeness (QED) is 0.707. The molecule has 0 saturated heterocycles. The van der Waals surface area contributed by atoms with Gasteiger partial charge in [-0.25, -0.2) is 4.98 Å². The molecule has 21 heavy (non-hydrogen) atoms. The third-order valence-corrected chi connectivity index (χ3v) is 4.67. The minimum absolute atomic E-state index is 0.0299. The van der Waals surface area contributed by atoms with Crippen molar-refractivity contribution in [2.24, 2.45) is 0 Å². The summed E-state index contributed by atoms with van der Waals surface area (Å²) in [5.41, 5.74) is 8.48. The van der Waals surface area contributed by atoms with Crippen molar-refractivity contribution >= 4 is 28.4 Å². The van der Waals surface area contributed by atoms with Crippen molar-refractivity contribution in [1.29, 1.82) is 0 Å². The lowest BCUT2D eigenvalue weighted by Gasteiger charge is -2.08. The van der Waals surface area contributed by atoms with Gasteiger partial charge in [0.15, 0.2) is 0 Å². The fraction of sp³-hybridized carbons (Fsp3) is 0.133. The Morgan fingerprint density at radius 3 is 2.86 bits per heavy atom. The Hall–Kier alpha value is -1.89. The first kappa shape index (κ1) is 14.1. The molecule has 1 aromatic carbocycles. The number of nitrogens with two attached hydrogens (primary N) is 1. The van der Waals surface area contributed by atoms with E-state index in [2.05, 4.69) is 11.1 Å². The average molecular weight is 318 g/mol. The van der Waals surface area contributed by atoms with Gasteiger partial charge in [0, 0.05) is 10.9 Å². The molecule has 0 aliphatic carbocycles. The Kier molecular flexibility index (Phi) is 4.19. The predicted molar refractivity (Wildman–Crippen MR) is 87.9 cm³/mol. The van der Waals surface area contributed by atoms with Gasteiger partial charge < -0.3 is 15.6 Å². The largest absolute Gasteiger partial charge is 0.489 e. The molecule has 6 heteroatoms.